The van der Waals surface area contributed by atoms with Gasteiger partial charge >= 0.3 is 0 Å². The number of nitrogens with one attached hydrogen (secondary N) is 1. The Bertz CT molecular complexity index is 1030. The lowest BCUT2D eigenvalue weighted by atomic mass is 9.94. The van der Waals surface area contributed by atoms with Crippen molar-refractivity contribution in [3.05, 3.63) is 88.9 Å². The second kappa shape index (κ2) is 5.77. The van der Waals surface area contributed by atoms with Gasteiger partial charge in [0.15, 0.2) is 0 Å². The zero-order valence-electron chi connectivity index (χ0n) is 13.2. The number of hydrogen-bond donors (Lipinski definition) is 1. The van der Waals surface area contributed by atoms with Crippen LogP contribution in [-0.2, 0) is 0 Å². The van der Waals surface area contributed by atoms with Crippen LogP contribution in [-0.4, -0.2) is 0 Å². The largest absolute Gasteiger partial charge is 0.361 e. The molecule has 4 rings (SSSR count). The van der Waals surface area contributed by atoms with Crippen molar-refractivity contribution in [2.75, 3.05) is 5.32 Å². The molecule has 23 heavy (non-hydrogen) atoms. The second-order valence-corrected chi connectivity index (χ2v) is 5.91. The quantitative estimate of drug-likeness (QED) is 0.657. The molecule has 0 unspecified atom stereocenters. The van der Waals surface area contributed by atoms with Gasteiger partial charge in [0.25, 0.3) is 0 Å². The molecule has 1 nitrogen and oxygen atoms in total. The minimum absolute atomic E-state index is 0.931. The minimum Gasteiger partial charge on any atom is -0.361 e. The summed E-state index contributed by atoms with van der Waals surface area (Å²) in [6.07, 6.45) is 7.43. The third-order valence-electron chi connectivity index (χ3n) is 4.50. The minimum atomic E-state index is 0.931. The first-order valence-electron chi connectivity index (χ1n) is 8.04. The predicted molar refractivity (Wildman–Crippen MR) is 99.7 cm³/mol. The van der Waals surface area contributed by atoms with E-state index in [0.717, 1.165) is 12.1 Å². The van der Waals surface area contributed by atoms with Gasteiger partial charge in [-0.05, 0) is 52.4 Å². The molecule has 0 atom stereocenters. The number of anilines is 1. The summed E-state index contributed by atoms with van der Waals surface area (Å²) >= 11 is 0. The molecule has 1 N–H and O–H groups in total. The molecule has 1 heteroatoms. The third-order valence-corrected chi connectivity index (χ3v) is 4.50. The number of fused-ring (bicyclic) bond motifs is 4. The predicted octanol–water partition coefficient (Wildman–Crippen LogP) is 4.17. The topological polar surface area (TPSA) is 12.0 Å². The lowest BCUT2D eigenvalue weighted by Gasteiger charge is -2.15. The average molecular weight is 297 g/mol. The monoisotopic (exact) mass is 297 g/mol. The second-order valence-electron chi connectivity index (χ2n) is 5.91. The Morgan fingerprint density at radius 1 is 0.870 bits per heavy atom. The zero-order chi connectivity index (χ0) is 15.6. The average Bonchev–Trinajstić information content (AvgIpc) is 2.60. The summed E-state index contributed by atoms with van der Waals surface area (Å²) in [7, 11) is 0. The highest BCUT2D eigenvalue weighted by molar-refractivity contribution is 5.98. The van der Waals surface area contributed by atoms with Crippen molar-refractivity contribution in [3.63, 3.8) is 0 Å². The van der Waals surface area contributed by atoms with E-state index in [4.69, 9.17) is 0 Å². The van der Waals surface area contributed by atoms with Crippen LogP contribution < -0.4 is 15.8 Å². The van der Waals surface area contributed by atoms with E-state index < -0.39 is 0 Å². The van der Waals surface area contributed by atoms with Gasteiger partial charge in [-0.1, -0.05) is 66.7 Å². The molecule has 1 aliphatic rings. The van der Waals surface area contributed by atoms with Crippen LogP contribution in [0.2, 0.25) is 0 Å². The Balaban J connectivity index is 2.20. The van der Waals surface area contributed by atoms with Crippen LogP contribution >= 0.6 is 0 Å². The van der Waals surface area contributed by atoms with Crippen LogP contribution in [0.15, 0.2) is 72.9 Å². The first kappa shape index (κ1) is 13.8. The Morgan fingerprint density at radius 3 is 2.65 bits per heavy atom. The van der Waals surface area contributed by atoms with E-state index in [1.54, 1.807) is 0 Å². The molecular formula is C22H19N. The molecule has 3 aromatic rings. The van der Waals surface area contributed by atoms with Crippen LogP contribution in [0.4, 0.5) is 5.69 Å². The third kappa shape index (κ3) is 2.44. The highest BCUT2D eigenvalue weighted by Crippen LogP contribution is 2.31. The summed E-state index contributed by atoms with van der Waals surface area (Å²) < 4.78 is 0. The van der Waals surface area contributed by atoms with Gasteiger partial charge in [0, 0.05) is 11.3 Å². The van der Waals surface area contributed by atoms with Crippen LogP contribution in [0.5, 0.6) is 0 Å². The van der Waals surface area contributed by atoms with E-state index in [9.17, 15) is 0 Å². The van der Waals surface area contributed by atoms with E-state index in [1.165, 1.54) is 32.3 Å². The van der Waals surface area contributed by atoms with Crippen LogP contribution in [0.3, 0.4) is 0 Å². The van der Waals surface area contributed by atoms with Gasteiger partial charge in [0.05, 0.1) is 0 Å². The molecule has 0 bridgehead atoms. The standard InChI is InChI=1S/C22H19N/c1-16-19-11-4-2-8-17(19)10-6-7-15-23-21-14-13-18-9-3-5-12-20(18)22(16)21/h2-5,7-15,23H,6H2,1H3/b15-7?,17-10-,19-16+. The Kier molecular flexibility index (Phi) is 3.47. The number of rotatable bonds is 0. The van der Waals surface area contributed by atoms with Gasteiger partial charge in [0.2, 0.25) is 0 Å². The van der Waals surface area contributed by atoms with Crippen molar-refractivity contribution in [2.24, 2.45) is 0 Å². The highest BCUT2D eigenvalue weighted by atomic mass is 14.8. The lowest BCUT2D eigenvalue weighted by Crippen LogP contribution is -2.26. The molecule has 0 fully saturated rings. The molecule has 1 heterocycles. The van der Waals surface area contributed by atoms with Crippen LogP contribution in [0.25, 0.3) is 22.4 Å². The van der Waals surface area contributed by atoms with E-state index in [2.05, 4.69) is 85.1 Å². The molecule has 0 saturated carbocycles. The maximum atomic E-state index is 3.46. The Hall–Kier alpha value is -2.80. The van der Waals surface area contributed by atoms with Crippen molar-refractivity contribution < 1.29 is 0 Å². The first-order chi connectivity index (χ1) is 11.3. The van der Waals surface area contributed by atoms with Gasteiger partial charge in [-0.25, -0.2) is 0 Å². The SMILES string of the molecule is C/C1=c2/cccc/c2=C/CC=CNc2ccc3ccccc3c21. The van der Waals surface area contributed by atoms with Crippen LogP contribution in [0, 0.1) is 0 Å². The van der Waals surface area contributed by atoms with Gasteiger partial charge in [0.1, 0.15) is 0 Å². The van der Waals surface area contributed by atoms with Gasteiger partial charge in [-0.3, -0.25) is 0 Å². The maximum absolute atomic E-state index is 3.46. The Labute approximate surface area is 136 Å². The molecule has 0 radical (unpaired) electrons. The number of benzene rings is 3. The fraction of sp³-hybridized carbons (Fsp3) is 0.0909. The van der Waals surface area contributed by atoms with E-state index in [0.29, 0.717) is 0 Å². The number of allylic oxidation sites excluding steroid dienone is 1. The molecule has 0 aliphatic carbocycles. The maximum Gasteiger partial charge on any atom is 0.0462 e. The van der Waals surface area contributed by atoms with Crippen molar-refractivity contribution in [3.8, 4) is 0 Å². The molecular weight excluding hydrogens is 278 g/mol. The fourth-order valence-electron chi connectivity index (χ4n) is 3.36. The summed E-state index contributed by atoms with van der Waals surface area (Å²) in [5.74, 6) is 0. The number of hydrogen-bond acceptors (Lipinski definition) is 1. The van der Waals surface area contributed by atoms with Crippen molar-refractivity contribution in [2.45, 2.75) is 13.3 Å². The molecule has 112 valence electrons. The molecule has 0 spiro atoms. The molecule has 0 saturated heterocycles. The smallest absolute Gasteiger partial charge is 0.0462 e. The van der Waals surface area contributed by atoms with Gasteiger partial charge in [-0.15, -0.1) is 0 Å². The molecule has 0 amide bonds. The lowest BCUT2D eigenvalue weighted by molar-refractivity contribution is 1.37. The zero-order valence-corrected chi connectivity index (χ0v) is 13.2. The van der Waals surface area contributed by atoms with Crippen molar-refractivity contribution >= 4 is 28.1 Å². The summed E-state index contributed by atoms with van der Waals surface area (Å²) in [5, 5.41) is 8.64. The summed E-state index contributed by atoms with van der Waals surface area (Å²) in [6.45, 7) is 2.23. The molecule has 0 aromatic heterocycles. The van der Waals surface area contributed by atoms with Crippen LogP contribution in [0.1, 0.15) is 18.9 Å². The van der Waals surface area contributed by atoms with E-state index >= 15 is 0 Å². The highest BCUT2D eigenvalue weighted by Gasteiger charge is 2.10. The van der Waals surface area contributed by atoms with Gasteiger partial charge < -0.3 is 5.32 Å². The summed E-state index contributed by atoms with van der Waals surface area (Å²) in [6, 6.07) is 21.6. The van der Waals surface area contributed by atoms with E-state index in [-0.39, 0.29) is 0 Å². The molecule has 3 aromatic carbocycles. The molecule has 1 aliphatic heterocycles. The first-order valence-corrected chi connectivity index (χ1v) is 8.04. The fourth-order valence-corrected chi connectivity index (χ4v) is 3.36. The van der Waals surface area contributed by atoms with E-state index in [1.807, 2.05) is 6.20 Å². The van der Waals surface area contributed by atoms with Gasteiger partial charge in [-0.2, -0.15) is 0 Å². The Morgan fingerprint density at radius 2 is 1.70 bits per heavy atom. The van der Waals surface area contributed by atoms with Crippen molar-refractivity contribution in [1.29, 1.82) is 0 Å². The summed E-state index contributed by atoms with van der Waals surface area (Å²) in [5.41, 5.74) is 3.76. The van der Waals surface area contributed by atoms with Crippen molar-refractivity contribution in [1.82, 2.24) is 0 Å². The normalized spacial score (nSPS) is 17.5. The summed E-state index contributed by atoms with van der Waals surface area (Å²) in [4.78, 5) is 0.